The zero-order valence-electron chi connectivity index (χ0n) is 26.4. The third-order valence-electron chi connectivity index (χ3n) is 8.32. The Morgan fingerprint density at radius 1 is 1.02 bits per heavy atom. The van der Waals surface area contributed by atoms with E-state index in [-0.39, 0.29) is 23.6 Å². The van der Waals surface area contributed by atoms with Crippen LogP contribution in [0.1, 0.15) is 35.7 Å². The summed E-state index contributed by atoms with van der Waals surface area (Å²) in [6, 6.07) is 12.5. The fourth-order valence-corrected chi connectivity index (χ4v) is 5.79. The molecule has 2 aromatic carbocycles. The van der Waals surface area contributed by atoms with Crippen LogP contribution in [-0.2, 0) is 4.74 Å². The van der Waals surface area contributed by atoms with E-state index in [1.54, 1.807) is 44.4 Å². The smallest absolute Gasteiger partial charge is 0.323 e. The number of nitrogens with zero attached hydrogens (tertiary/aromatic N) is 7. The highest BCUT2D eigenvalue weighted by atomic mass is 19.1. The number of hydrazone groups is 1. The summed E-state index contributed by atoms with van der Waals surface area (Å²) in [5.74, 6) is 0.287. The van der Waals surface area contributed by atoms with E-state index in [4.69, 9.17) is 19.7 Å². The molecule has 0 bridgehead atoms. The number of halogens is 1. The van der Waals surface area contributed by atoms with Gasteiger partial charge in [0.2, 0.25) is 0 Å². The van der Waals surface area contributed by atoms with Gasteiger partial charge in [0.25, 0.3) is 5.91 Å². The molecule has 2 aliphatic rings. The van der Waals surface area contributed by atoms with Crippen LogP contribution in [0.25, 0.3) is 22.4 Å². The summed E-state index contributed by atoms with van der Waals surface area (Å²) in [5.41, 5.74) is 4.71. The first-order chi connectivity index (χ1) is 22.1. The molecule has 0 spiro atoms. The molecule has 2 atom stereocenters. The summed E-state index contributed by atoms with van der Waals surface area (Å²) in [7, 11) is 5.29. The van der Waals surface area contributed by atoms with Crippen molar-refractivity contribution in [1.29, 1.82) is 0 Å². The maximum Gasteiger partial charge on any atom is 0.323 e. The zero-order chi connectivity index (χ0) is 32.5. The maximum atomic E-state index is 15.4. The van der Waals surface area contributed by atoms with Gasteiger partial charge in [0.15, 0.2) is 11.6 Å². The standard InChI is InChI=1S/C33H36FN9O3/c1-19-28(20(2)42(5)40-19)23-17-27-29(35-18-23)31(43-12-14-46-15-13-43)39-30(37-27)22-8-11-26(25(34)16-22)38-33(45)36-24-9-6-21(7-10-24)32(44)41(3)4/h6-11,16-18,20,28H,12-15H2,1-5H3,(H2,36,38,45). The fraction of sp³-hybridized carbons (Fsp3) is 0.333. The Morgan fingerprint density at radius 3 is 2.41 bits per heavy atom. The number of urea groups is 1. The molecule has 1 saturated heterocycles. The van der Waals surface area contributed by atoms with Crippen molar-refractivity contribution in [3.63, 3.8) is 0 Å². The monoisotopic (exact) mass is 625 g/mol. The Hall–Kier alpha value is -5.17. The second-order valence-corrected chi connectivity index (χ2v) is 11.7. The van der Waals surface area contributed by atoms with E-state index < -0.39 is 11.8 Å². The van der Waals surface area contributed by atoms with Crippen LogP contribution in [0, 0.1) is 5.82 Å². The topological polar surface area (TPSA) is 128 Å². The van der Waals surface area contributed by atoms with Crippen LogP contribution in [0.5, 0.6) is 0 Å². The first-order valence-electron chi connectivity index (χ1n) is 15.1. The highest BCUT2D eigenvalue weighted by Crippen LogP contribution is 2.34. The van der Waals surface area contributed by atoms with Gasteiger partial charge in [-0.2, -0.15) is 5.10 Å². The molecule has 2 aromatic heterocycles. The molecule has 12 nitrogen and oxygen atoms in total. The molecular weight excluding hydrogens is 589 g/mol. The minimum absolute atomic E-state index is 0.00657. The van der Waals surface area contributed by atoms with Gasteiger partial charge in [-0.25, -0.2) is 19.2 Å². The van der Waals surface area contributed by atoms with Crippen molar-refractivity contribution in [2.24, 2.45) is 5.10 Å². The fourth-order valence-electron chi connectivity index (χ4n) is 5.79. The van der Waals surface area contributed by atoms with Gasteiger partial charge >= 0.3 is 6.03 Å². The Kier molecular flexibility index (Phi) is 8.50. The lowest BCUT2D eigenvalue weighted by molar-refractivity contribution is 0.0827. The van der Waals surface area contributed by atoms with Gasteiger partial charge < -0.3 is 25.2 Å². The lowest BCUT2D eigenvalue weighted by Crippen LogP contribution is -2.37. The van der Waals surface area contributed by atoms with Gasteiger partial charge in [-0.1, -0.05) is 0 Å². The van der Waals surface area contributed by atoms with Crippen molar-refractivity contribution in [2.75, 3.05) is 63.0 Å². The number of ether oxygens (including phenoxy) is 1. The molecule has 3 amide bonds. The van der Waals surface area contributed by atoms with Crippen molar-refractivity contribution in [2.45, 2.75) is 25.8 Å². The Bertz CT molecular complexity index is 1820. The number of nitrogens with one attached hydrogen (secondary N) is 2. The normalized spacial score (nSPS) is 18.0. The van der Waals surface area contributed by atoms with Gasteiger partial charge in [0.1, 0.15) is 11.3 Å². The van der Waals surface area contributed by atoms with Crippen LogP contribution in [-0.4, -0.2) is 96.0 Å². The highest BCUT2D eigenvalue weighted by Gasteiger charge is 2.32. The van der Waals surface area contributed by atoms with Crippen molar-refractivity contribution >= 4 is 45.9 Å². The van der Waals surface area contributed by atoms with Gasteiger partial charge in [0.05, 0.1) is 30.5 Å². The summed E-state index contributed by atoms with van der Waals surface area (Å²) in [4.78, 5) is 42.9. The molecule has 46 heavy (non-hydrogen) atoms. The van der Waals surface area contributed by atoms with Crippen molar-refractivity contribution in [1.82, 2.24) is 24.9 Å². The average molecular weight is 626 g/mol. The van der Waals surface area contributed by atoms with Gasteiger partial charge in [-0.05, 0) is 67.9 Å². The summed E-state index contributed by atoms with van der Waals surface area (Å²) in [6.45, 7) is 6.56. The number of amides is 3. The highest BCUT2D eigenvalue weighted by molar-refractivity contribution is 6.01. The second-order valence-electron chi connectivity index (χ2n) is 11.7. The number of morpholine rings is 1. The van der Waals surface area contributed by atoms with E-state index in [2.05, 4.69) is 27.6 Å². The Morgan fingerprint density at radius 2 is 1.76 bits per heavy atom. The van der Waals surface area contributed by atoms with E-state index in [9.17, 15) is 9.59 Å². The molecule has 1 fully saturated rings. The van der Waals surface area contributed by atoms with Gasteiger partial charge in [0, 0.05) is 68.9 Å². The number of likely N-dealkylation sites (N-methyl/N-ethyl adjacent to an activating group) is 1. The SMILES string of the molecule is CC1=NN(C)C(C)C1c1cnc2c(N3CCOCC3)nc(-c3ccc(NC(=O)Nc4ccc(C(=O)N(C)C)cc4)c(F)c3)nc2c1. The first-order valence-corrected chi connectivity index (χ1v) is 15.1. The minimum atomic E-state index is -0.641. The number of rotatable bonds is 6. The Labute approximate surface area is 266 Å². The molecule has 0 radical (unpaired) electrons. The van der Waals surface area contributed by atoms with Gasteiger partial charge in [-0.3, -0.25) is 14.8 Å². The molecule has 6 rings (SSSR count). The van der Waals surface area contributed by atoms with E-state index in [1.165, 1.54) is 17.0 Å². The quantitative estimate of drug-likeness (QED) is 0.313. The zero-order valence-corrected chi connectivity index (χ0v) is 26.4. The lowest BCUT2D eigenvalue weighted by Gasteiger charge is -2.28. The van der Waals surface area contributed by atoms with Crippen LogP contribution in [0.3, 0.4) is 0 Å². The molecule has 0 saturated carbocycles. The van der Waals surface area contributed by atoms with Crippen LogP contribution in [0.4, 0.5) is 26.4 Å². The van der Waals surface area contributed by atoms with Crippen molar-refractivity contribution in [3.8, 4) is 11.4 Å². The third-order valence-corrected chi connectivity index (χ3v) is 8.32. The van der Waals surface area contributed by atoms with Crippen molar-refractivity contribution < 1.29 is 18.7 Å². The van der Waals surface area contributed by atoms with E-state index in [1.807, 2.05) is 31.2 Å². The summed E-state index contributed by atoms with van der Waals surface area (Å²) in [5, 5.41) is 11.8. The van der Waals surface area contributed by atoms with Crippen LogP contribution in [0.2, 0.25) is 0 Å². The average Bonchev–Trinajstić information content (AvgIpc) is 3.31. The second kappa shape index (κ2) is 12.7. The lowest BCUT2D eigenvalue weighted by atomic mass is 9.90. The molecule has 238 valence electrons. The van der Waals surface area contributed by atoms with Crippen molar-refractivity contribution in [3.05, 3.63) is 71.7 Å². The number of fused-ring (bicyclic) bond motifs is 1. The molecule has 2 N–H and O–H groups in total. The summed E-state index contributed by atoms with van der Waals surface area (Å²) < 4.78 is 21.0. The molecule has 2 aliphatic heterocycles. The number of aromatic nitrogens is 3. The number of carbonyl (C=O) groups excluding carboxylic acids is 2. The number of carbonyl (C=O) groups is 2. The molecule has 4 aromatic rings. The van der Waals surface area contributed by atoms with Crippen LogP contribution >= 0.6 is 0 Å². The number of hydrogen-bond acceptors (Lipinski definition) is 9. The largest absolute Gasteiger partial charge is 0.378 e. The molecule has 2 unspecified atom stereocenters. The molecular formula is C33H36FN9O3. The number of anilines is 3. The van der Waals surface area contributed by atoms with Gasteiger partial charge in [-0.15, -0.1) is 0 Å². The first kappa shape index (κ1) is 30.8. The summed E-state index contributed by atoms with van der Waals surface area (Å²) in [6.07, 6.45) is 1.87. The predicted octanol–water partition coefficient (Wildman–Crippen LogP) is 4.81. The molecule has 13 heteroatoms. The number of pyridine rings is 1. The minimum Gasteiger partial charge on any atom is -0.378 e. The Balaban J connectivity index is 1.27. The predicted molar refractivity (Wildman–Crippen MR) is 176 cm³/mol. The van der Waals surface area contributed by atoms with Crippen LogP contribution < -0.4 is 15.5 Å². The molecule has 4 heterocycles. The molecule has 0 aliphatic carbocycles. The number of hydrogen-bond donors (Lipinski definition) is 2. The third kappa shape index (κ3) is 6.18. The summed E-state index contributed by atoms with van der Waals surface area (Å²) >= 11 is 0. The van der Waals surface area contributed by atoms with E-state index in [0.29, 0.717) is 65.8 Å². The van der Waals surface area contributed by atoms with E-state index >= 15 is 4.39 Å². The van der Waals surface area contributed by atoms with Crippen LogP contribution in [0.15, 0.2) is 59.8 Å². The van der Waals surface area contributed by atoms with E-state index in [0.717, 1.165) is 11.3 Å². The maximum absolute atomic E-state index is 15.4. The number of benzene rings is 2.